The van der Waals surface area contributed by atoms with E-state index >= 15 is 0 Å². The maximum Gasteiger partial charge on any atom is 0.308 e. The molecular formula is C35H46F2N4O7. The molecule has 0 aliphatic carbocycles. The van der Waals surface area contributed by atoms with Crippen LogP contribution in [0.1, 0.15) is 119 Å². The predicted molar refractivity (Wildman–Crippen MR) is 175 cm³/mol. The highest BCUT2D eigenvalue weighted by molar-refractivity contribution is 5.99. The summed E-state index contributed by atoms with van der Waals surface area (Å²) in [5, 5.41) is 6.74. The number of halogens is 2. The number of carbonyl (C=O) groups is 3. The van der Waals surface area contributed by atoms with Gasteiger partial charge in [-0.3, -0.25) is 19.2 Å². The Bertz CT molecular complexity index is 1650. The molecule has 2 aromatic rings. The number of pyridine rings is 1. The fourth-order valence-electron chi connectivity index (χ4n) is 6.74. The van der Waals surface area contributed by atoms with E-state index in [4.69, 9.17) is 14.3 Å². The second-order valence-corrected chi connectivity index (χ2v) is 13.5. The summed E-state index contributed by atoms with van der Waals surface area (Å²) in [4.78, 5) is 61.6. The topological polar surface area (TPSA) is 129 Å². The molecule has 11 nitrogen and oxygen atoms in total. The van der Waals surface area contributed by atoms with Crippen LogP contribution >= 0.6 is 0 Å². The van der Waals surface area contributed by atoms with Crippen LogP contribution in [-0.2, 0) is 20.9 Å². The number of amides is 2. The van der Waals surface area contributed by atoms with Crippen molar-refractivity contribution in [1.29, 1.82) is 0 Å². The van der Waals surface area contributed by atoms with Gasteiger partial charge in [0, 0.05) is 51.2 Å². The summed E-state index contributed by atoms with van der Waals surface area (Å²) in [5.41, 5.74) is -1.40. The summed E-state index contributed by atoms with van der Waals surface area (Å²) in [6.07, 6.45) is 7.91. The molecule has 0 unspecified atom stereocenters. The first kappa shape index (κ1) is 35.0. The molecule has 13 heteroatoms. The Morgan fingerprint density at radius 3 is 2.67 bits per heavy atom. The van der Waals surface area contributed by atoms with Gasteiger partial charge < -0.3 is 29.1 Å². The molecule has 5 rings (SSSR count). The number of unbranched alkanes of at least 4 members (excludes halogenated alkanes) is 3. The van der Waals surface area contributed by atoms with Crippen LogP contribution in [0.3, 0.4) is 0 Å². The molecule has 1 N–H and O–H groups in total. The van der Waals surface area contributed by atoms with Crippen LogP contribution < -0.4 is 15.5 Å². The van der Waals surface area contributed by atoms with Gasteiger partial charge >= 0.3 is 5.97 Å². The van der Waals surface area contributed by atoms with Gasteiger partial charge in [0.2, 0.25) is 18.0 Å². The number of nitrogens with zero attached hydrogens (tertiary/aromatic N) is 3. The number of ether oxygens (including phenoxy) is 2. The lowest BCUT2D eigenvalue weighted by Gasteiger charge is -2.42. The zero-order valence-electron chi connectivity index (χ0n) is 28.0. The van der Waals surface area contributed by atoms with Crippen LogP contribution in [0.4, 0.5) is 8.78 Å². The van der Waals surface area contributed by atoms with E-state index in [1.54, 1.807) is 9.47 Å². The van der Waals surface area contributed by atoms with Crippen LogP contribution in [0.25, 0.3) is 0 Å². The van der Waals surface area contributed by atoms with Gasteiger partial charge in [0.1, 0.15) is 17.2 Å². The van der Waals surface area contributed by atoms with Crippen molar-refractivity contribution in [3.8, 4) is 5.75 Å². The van der Waals surface area contributed by atoms with E-state index in [2.05, 4.69) is 24.3 Å². The smallest absolute Gasteiger partial charge is 0.308 e. The van der Waals surface area contributed by atoms with E-state index in [-0.39, 0.29) is 43.8 Å². The number of oxime groups is 1. The molecule has 3 aliphatic rings. The second kappa shape index (κ2) is 14.9. The molecule has 0 saturated carbocycles. The van der Waals surface area contributed by atoms with Gasteiger partial charge in [0.15, 0.2) is 11.3 Å². The van der Waals surface area contributed by atoms with Gasteiger partial charge in [0.25, 0.3) is 11.8 Å². The third-order valence-corrected chi connectivity index (χ3v) is 9.46. The van der Waals surface area contributed by atoms with E-state index in [9.17, 15) is 28.0 Å². The van der Waals surface area contributed by atoms with Gasteiger partial charge in [-0.05, 0) is 45.1 Å². The van der Waals surface area contributed by atoms with Crippen LogP contribution in [0.15, 0.2) is 34.3 Å². The summed E-state index contributed by atoms with van der Waals surface area (Å²) >= 11 is 0. The number of carbonyl (C=O) groups excluding carboxylic acids is 3. The minimum atomic E-state index is -0.894. The van der Waals surface area contributed by atoms with E-state index in [1.807, 2.05) is 13.8 Å². The van der Waals surface area contributed by atoms with Gasteiger partial charge in [0.05, 0.1) is 11.8 Å². The van der Waals surface area contributed by atoms with E-state index in [0.717, 1.165) is 37.5 Å². The molecular weight excluding hydrogens is 626 g/mol. The van der Waals surface area contributed by atoms with Gasteiger partial charge in [-0.25, -0.2) is 8.78 Å². The number of aromatic nitrogens is 1. The molecule has 262 valence electrons. The molecule has 4 heterocycles. The normalized spacial score (nSPS) is 21.4. The average molecular weight is 673 g/mol. The molecule has 1 spiro atoms. The fourth-order valence-corrected chi connectivity index (χ4v) is 6.74. The Morgan fingerprint density at radius 2 is 1.96 bits per heavy atom. The summed E-state index contributed by atoms with van der Waals surface area (Å²) in [7, 11) is 0. The number of rotatable bonds is 13. The summed E-state index contributed by atoms with van der Waals surface area (Å²) in [5.74, 6) is -3.25. The highest BCUT2D eigenvalue weighted by Gasteiger charge is 2.54. The highest BCUT2D eigenvalue weighted by atomic mass is 19.1. The van der Waals surface area contributed by atoms with E-state index in [1.165, 1.54) is 12.3 Å². The molecule has 1 fully saturated rings. The minimum absolute atomic E-state index is 0. The Balaban J connectivity index is 0.00000541. The lowest BCUT2D eigenvalue weighted by Crippen LogP contribution is -2.52. The van der Waals surface area contributed by atoms with Crippen molar-refractivity contribution in [2.24, 2.45) is 11.1 Å². The SMILES string of the molecule is CC1=NO[C@@]2(CC[C@H](C)N3C[C@H]2n2cc(C(=O)NCc4ccc(F)cc4F)c(=O)c(OCOC(=O)CCCCCCC(C)C)c2C3=O)C1.[HH]. The van der Waals surface area contributed by atoms with Gasteiger partial charge in [-0.2, -0.15) is 0 Å². The number of esters is 1. The number of benzene rings is 1. The molecule has 1 saturated heterocycles. The number of hydrogen-bond donors (Lipinski definition) is 1. The largest absolute Gasteiger partial charge is 0.451 e. The molecule has 2 amide bonds. The first-order chi connectivity index (χ1) is 22.9. The molecule has 1 aromatic heterocycles. The summed E-state index contributed by atoms with van der Waals surface area (Å²) in [6, 6.07) is 2.23. The Hall–Kier alpha value is -4.29. The maximum absolute atomic E-state index is 14.3. The quantitative estimate of drug-likeness (QED) is 0.160. The van der Waals surface area contributed by atoms with Crippen molar-refractivity contribution in [1.82, 2.24) is 14.8 Å². The average Bonchev–Trinajstić information content (AvgIpc) is 3.37. The Kier molecular flexibility index (Phi) is 10.8. The number of fused-ring (bicyclic) bond motifs is 5. The first-order valence-corrected chi connectivity index (χ1v) is 16.7. The monoisotopic (exact) mass is 672 g/mol. The number of hydrogen-bond acceptors (Lipinski definition) is 8. The van der Waals surface area contributed by atoms with Gasteiger partial charge in [-0.15, -0.1) is 0 Å². The van der Waals surface area contributed by atoms with Crippen LogP contribution in [-0.4, -0.2) is 57.9 Å². The zero-order chi connectivity index (χ0) is 34.6. The van der Waals surface area contributed by atoms with E-state index in [0.29, 0.717) is 37.7 Å². The molecule has 3 atom stereocenters. The van der Waals surface area contributed by atoms with Crippen molar-refractivity contribution in [2.75, 3.05) is 13.3 Å². The number of nitrogens with one attached hydrogen (secondary N) is 1. The lowest BCUT2D eigenvalue weighted by atomic mass is 9.84. The van der Waals surface area contributed by atoms with E-state index < -0.39 is 59.0 Å². The fraction of sp³-hybridized carbons (Fsp3) is 0.571. The van der Waals surface area contributed by atoms with Crippen LogP contribution in [0, 0.1) is 17.6 Å². The zero-order valence-corrected chi connectivity index (χ0v) is 28.0. The van der Waals surface area contributed by atoms with Crippen molar-refractivity contribution in [2.45, 2.75) is 110 Å². The molecule has 1 aromatic carbocycles. The molecule has 2 bridgehead atoms. The Morgan fingerprint density at radius 1 is 1.19 bits per heavy atom. The summed E-state index contributed by atoms with van der Waals surface area (Å²) < 4.78 is 40.3. The van der Waals surface area contributed by atoms with Crippen molar-refractivity contribution in [3.63, 3.8) is 0 Å². The summed E-state index contributed by atoms with van der Waals surface area (Å²) in [6.45, 7) is 7.39. The minimum Gasteiger partial charge on any atom is -0.451 e. The Labute approximate surface area is 280 Å². The molecule has 48 heavy (non-hydrogen) atoms. The molecule has 3 aliphatic heterocycles. The first-order valence-electron chi connectivity index (χ1n) is 16.7. The highest BCUT2D eigenvalue weighted by Crippen LogP contribution is 2.46. The van der Waals surface area contributed by atoms with Crippen molar-refractivity contribution in [3.05, 3.63) is 63.1 Å². The van der Waals surface area contributed by atoms with Crippen molar-refractivity contribution < 1.29 is 38.9 Å². The van der Waals surface area contributed by atoms with Crippen LogP contribution in [0.2, 0.25) is 0 Å². The van der Waals surface area contributed by atoms with Crippen LogP contribution in [0.5, 0.6) is 5.75 Å². The molecule has 0 radical (unpaired) electrons. The second-order valence-electron chi connectivity index (χ2n) is 13.5. The van der Waals surface area contributed by atoms with Gasteiger partial charge in [-0.1, -0.05) is 50.8 Å². The maximum atomic E-state index is 14.3. The van der Waals surface area contributed by atoms with Crippen molar-refractivity contribution >= 4 is 23.5 Å². The third-order valence-electron chi connectivity index (χ3n) is 9.46. The standard InChI is InChI=1S/C35H44F2N4O7.H2/c1-21(2)9-7-5-6-8-10-29(42)46-20-47-32-30-34(45)40-19-28(35(14-13-23(40)4)16-22(3)39-48-35)41(30)18-26(31(32)43)33(44)38-17-24-11-12-25(36)15-27(24)37;/h11-12,15,18,21,23,28H,5-10,13-14,16-17,19-20H2,1-4H3,(H,38,44);1H/t23-,28+,35-;/m0./s1. The lowest BCUT2D eigenvalue weighted by molar-refractivity contribution is -0.150. The predicted octanol–water partition coefficient (Wildman–Crippen LogP) is 5.89. The third kappa shape index (κ3) is 7.55.